The monoisotopic (exact) mass is 245 g/mol. The standard InChI is InChI=1S/C17H27N/c1-16(2,3)15-9-7-14(8-10-15)13-17(18)11-5-4-6-12-17/h7-10H,4-6,11-13,18H2,1-3H3. The van der Waals surface area contributed by atoms with Crippen molar-refractivity contribution in [3.05, 3.63) is 35.4 Å². The molecule has 0 heterocycles. The Labute approximate surface area is 112 Å². The van der Waals surface area contributed by atoms with E-state index in [0.717, 1.165) is 6.42 Å². The van der Waals surface area contributed by atoms with E-state index in [1.165, 1.54) is 43.2 Å². The summed E-state index contributed by atoms with van der Waals surface area (Å²) in [5, 5.41) is 0. The Morgan fingerprint density at radius 2 is 1.56 bits per heavy atom. The van der Waals surface area contributed by atoms with E-state index in [2.05, 4.69) is 45.0 Å². The van der Waals surface area contributed by atoms with Gasteiger partial charge in [0, 0.05) is 5.54 Å². The molecule has 1 heteroatoms. The zero-order chi connectivity index (χ0) is 13.2. The Bertz CT molecular complexity index is 377. The van der Waals surface area contributed by atoms with E-state index in [9.17, 15) is 0 Å². The van der Waals surface area contributed by atoms with Gasteiger partial charge in [-0.15, -0.1) is 0 Å². The van der Waals surface area contributed by atoms with E-state index in [-0.39, 0.29) is 11.0 Å². The predicted molar refractivity (Wildman–Crippen MR) is 78.8 cm³/mol. The molecule has 0 saturated heterocycles. The highest BCUT2D eigenvalue weighted by Gasteiger charge is 2.27. The molecule has 0 aliphatic heterocycles. The zero-order valence-corrected chi connectivity index (χ0v) is 12.1. The van der Waals surface area contributed by atoms with Crippen molar-refractivity contribution >= 4 is 0 Å². The van der Waals surface area contributed by atoms with Crippen molar-refractivity contribution in [2.45, 2.75) is 70.3 Å². The van der Waals surface area contributed by atoms with Gasteiger partial charge < -0.3 is 5.73 Å². The van der Waals surface area contributed by atoms with Gasteiger partial charge in [0.15, 0.2) is 0 Å². The second-order valence-corrected chi connectivity index (χ2v) is 7.05. The molecule has 18 heavy (non-hydrogen) atoms. The fourth-order valence-corrected chi connectivity index (χ4v) is 2.96. The highest BCUT2D eigenvalue weighted by atomic mass is 14.7. The molecule has 1 aromatic carbocycles. The normalized spacial score (nSPS) is 19.8. The summed E-state index contributed by atoms with van der Waals surface area (Å²) < 4.78 is 0. The molecule has 1 fully saturated rings. The van der Waals surface area contributed by atoms with E-state index in [4.69, 9.17) is 5.73 Å². The molecule has 0 radical (unpaired) electrons. The molecule has 1 nitrogen and oxygen atoms in total. The molecule has 0 spiro atoms. The first-order chi connectivity index (χ1) is 8.39. The maximum atomic E-state index is 6.51. The summed E-state index contributed by atoms with van der Waals surface area (Å²) in [6.45, 7) is 6.77. The van der Waals surface area contributed by atoms with Crippen LogP contribution in [-0.4, -0.2) is 5.54 Å². The molecule has 0 bridgehead atoms. The van der Waals surface area contributed by atoms with Crippen molar-refractivity contribution in [1.82, 2.24) is 0 Å². The first-order valence-corrected chi connectivity index (χ1v) is 7.27. The Morgan fingerprint density at radius 3 is 2.06 bits per heavy atom. The first kappa shape index (κ1) is 13.6. The highest BCUT2D eigenvalue weighted by Crippen LogP contribution is 2.30. The van der Waals surface area contributed by atoms with Crippen LogP contribution in [0.2, 0.25) is 0 Å². The minimum absolute atomic E-state index is 0.0570. The van der Waals surface area contributed by atoms with E-state index in [1.807, 2.05) is 0 Å². The van der Waals surface area contributed by atoms with Crippen molar-refractivity contribution in [2.24, 2.45) is 5.73 Å². The van der Waals surface area contributed by atoms with Gasteiger partial charge in [0.25, 0.3) is 0 Å². The van der Waals surface area contributed by atoms with Crippen LogP contribution >= 0.6 is 0 Å². The lowest BCUT2D eigenvalue weighted by Crippen LogP contribution is -2.43. The van der Waals surface area contributed by atoms with Crippen LogP contribution in [0.4, 0.5) is 0 Å². The molecule has 0 atom stereocenters. The lowest BCUT2D eigenvalue weighted by Gasteiger charge is -2.33. The van der Waals surface area contributed by atoms with Gasteiger partial charge in [-0.1, -0.05) is 64.3 Å². The van der Waals surface area contributed by atoms with Crippen LogP contribution < -0.4 is 5.73 Å². The molecule has 2 rings (SSSR count). The lowest BCUT2D eigenvalue weighted by molar-refractivity contribution is 0.294. The van der Waals surface area contributed by atoms with Crippen LogP contribution in [0, 0.1) is 0 Å². The predicted octanol–water partition coefficient (Wildman–Crippen LogP) is 4.19. The van der Waals surface area contributed by atoms with Crippen molar-refractivity contribution in [1.29, 1.82) is 0 Å². The largest absolute Gasteiger partial charge is 0.325 e. The Kier molecular flexibility index (Phi) is 3.82. The van der Waals surface area contributed by atoms with Crippen LogP contribution in [0.1, 0.15) is 64.0 Å². The van der Waals surface area contributed by atoms with Crippen LogP contribution in [0.15, 0.2) is 24.3 Å². The molecule has 1 aromatic rings. The average molecular weight is 245 g/mol. The zero-order valence-electron chi connectivity index (χ0n) is 12.1. The third kappa shape index (κ3) is 3.35. The van der Waals surface area contributed by atoms with Crippen LogP contribution in [-0.2, 0) is 11.8 Å². The first-order valence-electron chi connectivity index (χ1n) is 7.27. The van der Waals surface area contributed by atoms with Gasteiger partial charge in [0.05, 0.1) is 0 Å². The maximum absolute atomic E-state index is 6.51. The average Bonchev–Trinajstić information content (AvgIpc) is 2.29. The third-order valence-electron chi connectivity index (χ3n) is 4.23. The van der Waals surface area contributed by atoms with Gasteiger partial charge in [-0.2, -0.15) is 0 Å². The molecule has 1 aliphatic rings. The Hall–Kier alpha value is -0.820. The number of hydrogen-bond donors (Lipinski definition) is 1. The number of benzene rings is 1. The molecule has 1 saturated carbocycles. The molecule has 2 N–H and O–H groups in total. The van der Waals surface area contributed by atoms with Crippen molar-refractivity contribution in [2.75, 3.05) is 0 Å². The van der Waals surface area contributed by atoms with Crippen molar-refractivity contribution in [3.8, 4) is 0 Å². The lowest BCUT2D eigenvalue weighted by atomic mass is 9.78. The topological polar surface area (TPSA) is 26.0 Å². The van der Waals surface area contributed by atoms with E-state index >= 15 is 0 Å². The summed E-state index contributed by atoms with van der Waals surface area (Å²) in [5.41, 5.74) is 9.61. The molecular formula is C17H27N. The van der Waals surface area contributed by atoms with E-state index < -0.39 is 0 Å². The van der Waals surface area contributed by atoms with Crippen LogP contribution in [0.3, 0.4) is 0 Å². The molecule has 0 unspecified atom stereocenters. The number of rotatable bonds is 2. The van der Waals surface area contributed by atoms with Gasteiger partial charge in [-0.25, -0.2) is 0 Å². The van der Waals surface area contributed by atoms with Gasteiger partial charge in [0.2, 0.25) is 0 Å². The molecule has 0 aromatic heterocycles. The summed E-state index contributed by atoms with van der Waals surface area (Å²) in [5.74, 6) is 0. The summed E-state index contributed by atoms with van der Waals surface area (Å²) >= 11 is 0. The van der Waals surface area contributed by atoms with Crippen molar-refractivity contribution in [3.63, 3.8) is 0 Å². The summed E-state index contributed by atoms with van der Waals surface area (Å²) in [4.78, 5) is 0. The fourth-order valence-electron chi connectivity index (χ4n) is 2.96. The van der Waals surface area contributed by atoms with Crippen LogP contribution in [0.25, 0.3) is 0 Å². The Balaban J connectivity index is 2.06. The smallest absolute Gasteiger partial charge is 0.0195 e. The highest BCUT2D eigenvalue weighted by molar-refractivity contribution is 5.28. The molecule has 100 valence electrons. The second-order valence-electron chi connectivity index (χ2n) is 7.05. The van der Waals surface area contributed by atoms with Crippen LogP contribution in [0.5, 0.6) is 0 Å². The summed E-state index contributed by atoms with van der Waals surface area (Å²) in [6, 6.07) is 9.07. The second kappa shape index (κ2) is 5.05. The van der Waals surface area contributed by atoms with Gasteiger partial charge in [-0.3, -0.25) is 0 Å². The minimum atomic E-state index is 0.0570. The van der Waals surface area contributed by atoms with Crippen molar-refractivity contribution < 1.29 is 0 Å². The van der Waals surface area contributed by atoms with E-state index in [0.29, 0.717) is 0 Å². The number of hydrogen-bond acceptors (Lipinski definition) is 1. The maximum Gasteiger partial charge on any atom is 0.0195 e. The van der Waals surface area contributed by atoms with Gasteiger partial charge in [-0.05, 0) is 35.8 Å². The number of nitrogens with two attached hydrogens (primary N) is 1. The SMILES string of the molecule is CC(C)(C)c1ccc(CC2(N)CCCCC2)cc1. The molecular weight excluding hydrogens is 218 g/mol. The summed E-state index contributed by atoms with van der Waals surface area (Å²) in [6.07, 6.45) is 7.38. The van der Waals surface area contributed by atoms with Gasteiger partial charge in [0.1, 0.15) is 0 Å². The minimum Gasteiger partial charge on any atom is -0.325 e. The quantitative estimate of drug-likeness (QED) is 0.830. The molecule has 0 amide bonds. The van der Waals surface area contributed by atoms with E-state index in [1.54, 1.807) is 0 Å². The summed E-state index contributed by atoms with van der Waals surface area (Å²) in [7, 11) is 0. The Morgan fingerprint density at radius 1 is 1.00 bits per heavy atom. The third-order valence-corrected chi connectivity index (χ3v) is 4.23. The fraction of sp³-hybridized carbons (Fsp3) is 0.647. The van der Waals surface area contributed by atoms with Gasteiger partial charge >= 0.3 is 0 Å². The molecule has 1 aliphatic carbocycles.